The summed E-state index contributed by atoms with van der Waals surface area (Å²) in [5, 5.41) is 16.4. The molecule has 4 aromatic rings. The molecule has 2 aromatic heterocycles. The van der Waals surface area contributed by atoms with Gasteiger partial charge in [0.25, 0.3) is 0 Å². The molecule has 3 heterocycles. The summed E-state index contributed by atoms with van der Waals surface area (Å²) in [6.45, 7) is 2.32. The zero-order chi connectivity index (χ0) is 21.2. The lowest BCUT2D eigenvalue weighted by Crippen LogP contribution is -2.14. The van der Waals surface area contributed by atoms with E-state index in [1.54, 1.807) is 22.7 Å². The van der Waals surface area contributed by atoms with Crippen molar-refractivity contribution in [3.8, 4) is 22.8 Å². The number of aromatic nitrogens is 4. The van der Waals surface area contributed by atoms with Gasteiger partial charge in [0.15, 0.2) is 17.1 Å². The summed E-state index contributed by atoms with van der Waals surface area (Å²) in [7, 11) is 0. The number of ether oxygens (including phenoxy) is 2. The van der Waals surface area contributed by atoms with Gasteiger partial charge in [-0.2, -0.15) is 9.61 Å². The number of thioether (sulfide) groups is 1. The lowest BCUT2D eigenvalue weighted by atomic mass is 10.1. The van der Waals surface area contributed by atoms with Gasteiger partial charge in [0, 0.05) is 17.3 Å². The van der Waals surface area contributed by atoms with E-state index in [4.69, 9.17) is 9.47 Å². The van der Waals surface area contributed by atoms with E-state index in [2.05, 4.69) is 51.8 Å². The number of nitrogens with zero attached hydrogens (tertiary/aromatic N) is 4. The highest BCUT2D eigenvalue weighted by molar-refractivity contribution is 7.99. The van der Waals surface area contributed by atoms with Crippen molar-refractivity contribution in [3.63, 3.8) is 0 Å². The number of amides is 1. The molecule has 9 heteroatoms. The number of hydrogen-bond acceptors (Lipinski definition) is 7. The second kappa shape index (κ2) is 8.27. The van der Waals surface area contributed by atoms with Gasteiger partial charge >= 0.3 is 0 Å². The second-order valence-corrected chi connectivity index (χ2v) is 7.87. The first kappa shape index (κ1) is 19.4. The molecular formula is C22H19N5O3S. The van der Waals surface area contributed by atoms with Crippen LogP contribution in [0.3, 0.4) is 0 Å². The summed E-state index contributed by atoms with van der Waals surface area (Å²) < 4.78 is 12.3. The van der Waals surface area contributed by atoms with Crippen molar-refractivity contribution in [2.75, 3.05) is 17.9 Å². The van der Waals surface area contributed by atoms with Crippen molar-refractivity contribution in [2.24, 2.45) is 0 Å². The minimum Gasteiger partial charge on any atom is -0.454 e. The number of carbonyl (C=O) groups excluding carboxylic acids is 1. The van der Waals surface area contributed by atoms with E-state index in [1.807, 2.05) is 12.1 Å². The van der Waals surface area contributed by atoms with Gasteiger partial charge in [-0.15, -0.1) is 10.2 Å². The Morgan fingerprint density at radius 2 is 1.90 bits per heavy atom. The fourth-order valence-electron chi connectivity index (χ4n) is 3.23. The van der Waals surface area contributed by atoms with Crippen molar-refractivity contribution >= 4 is 29.0 Å². The first-order chi connectivity index (χ1) is 15.2. The second-order valence-electron chi connectivity index (χ2n) is 6.93. The Labute approximate surface area is 182 Å². The van der Waals surface area contributed by atoms with Crippen molar-refractivity contribution in [3.05, 3.63) is 60.2 Å². The normalized spacial score (nSPS) is 12.3. The number of rotatable bonds is 6. The zero-order valence-corrected chi connectivity index (χ0v) is 17.6. The molecule has 1 aliphatic heterocycles. The average Bonchev–Trinajstić information content (AvgIpc) is 3.43. The van der Waals surface area contributed by atoms with E-state index in [-0.39, 0.29) is 18.5 Å². The molecule has 2 aromatic carbocycles. The van der Waals surface area contributed by atoms with E-state index in [9.17, 15) is 4.79 Å². The quantitative estimate of drug-likeness (QED) is 0.462. The van der Waals surface area contributed by atoms with Crippen LogP contribution in [-0.2, 0) is 11.2 Å². The van der Waals surface area contributed by atoms with Crippen LogP contribution in [0.2, 0.25) is 0 Å². The fourth-order valence-corrected chi connectivity index (χ4v) is 3.91. The van der Waals surface area contributed by atoms with Gasteiger partial charge in [0.1, 0.15) is 0 Å². The molecule has 1 amide bonds. The van der Waals surface area contributed by atoms with Crippen molar-refractivity contribution in [1.82, 2.24) is 19.8 Å². The number of benzene rings is 2. The van der Waals surface area contributed by atoms with Gasteiger partial charge in [-0.25, -0.2) is 0 Å². The van der Waals surface area contributed by atoms with E-state index in [0.717, 1.165) is 17.7 Å². The third-order valence-electron chi connectivity index (χ3n) is 4.88. The Hall–Kier alpha value is -3.59. The van der Waals surface area contributed by atoms with Crippen LogP contribution in [-0.4, -0.2) is 38.3 Å². The Morgan fingerprint density at radius 3 is 2.74 bits per heavy atom. The topological polar surface area (TPSA) is 90.6 Å². The molecule has 0 spiro atoms. The van der Waals surface area contributed by atoms with Crippen LogP contribution in [0.5, 0.6) is 11.5 Å². The maximum absolute atomic E-state index is 12.4. The highest BCUT2D eigenvalue weighted by atomic mass is 32.2. The SMILES string of the molecule is CCc1ccc(-c2ccc3nnc(SCC(=O)Nc4ccc5c(c4)OCO5)n3n2)cc1. The molecule has 1 aliphatic rings. The molecular weight excluding hydrogens is 414 g/mol. The van der Waals surface area contributed by atoms with Gasteiger partial charge in [-0.05, 0) is 36.2 Å². The fraction of sp³-hybridized carbons (Fsp3) is 0.182. The molecule has 0 saturated heterocycles. The molecule has 5 rings (SSSR count). The van der Waals surface area contributed by atoms with Crippen LogP contribution in [0.15, 0.2) is 59.8 Å². The standard InChI is InChI=1S/C22H19N5O3S/c1-2-14-3-5-15(6-4-14)17-8-10-20-24-25-22(27(20)26-17)31-12-21(28)23-16-7-9-18-19(11-16)30-13-29-18/h3-11H,2,12-13H2,1H3,(H,23,28). The van der Waals surface area contributed by atoms with Gasteiger partial charge in [-0.3, -0.25) is 4.79 Å². The van der Waals surface area contributed by atoms with Crippen molar-refractivity contribution < 1.29 is 14.3 Å². The van der Waals surface area contributed by atoms with Gasteiger partial charge < -0.3 is 14.8 Å². The smallest absolute Gasteiger partial charge is 0.234 e. The van der Waals surface area contributed by atoms with E-state index < -0.39 is 0 Å². The molecule has 0 bridgehead atoms. The molecule has 0 aliphatic carbocycles. The molecule has 0 unspecified atom stereocenters. The number of anilines is 1. The molecule has 1 N–H and O–H groups in total. The third kappa shape index (κ3) is 4.04. The summed E-state index contributed by atoms with van der Waals surface area (Å²) in [6.07, 6.45) is 0.993. The van der Waals surface area contributed by atoms with Crippen molar-refractivity contribution in [1.29, 1.82) is 0 Å². The maximum Gasteiger partial charge on any atom is 0.234 e. The minimum atomic E-state index is -0.160. The molecule has 0 atom stereocenters. The Morgan fingerprint density at radius 1 is 1.06 bits per heavy atom. The maximum atomic E-state index is 12.4. The van der Waals surface area contributed by atoms with E-state index in [1.165, 1.54) is 17.3 Å². The molecule has 0 saturated carbocycles. The zero-order valence-electron chi connectivity index (χ0n) is 16.7. The first-order valence-corrected chi connectivity index (χ1v) is 10.8. The van der Waals surface area contributed by atoms with Crippen LogP contribution in [0.25, 0.3) is 16.9 Å². The Bertz CT molecular complexity index is 1260. The third-order valence-corrected chi connectivity index (χ3v) is 5.80. The number of nitrogens with one attached hydrogen (secondary N) is 1. The number of carbonyl (C=O) groups is 1. The Balaban J connectivity index is 1.29. The highest BCUT2D eigenvalue weighted by Crippen LogP contribution is 2.34. The van der Waals surface area contributed by atoms with Gasteiger partial charge in [0.2, 0.25) is 17.9 Å². The summed E-state index contributed by atoms with van der Waals surface area (Å²) >= 11 is 1.28. The largest absolute Gasteiger partial charge is 0.454 e. The molecule has 156 valence electrons. The lowest BCUT2D eigenvalue weighted by molar-refractivity contribution is -0.113. The van der Waals surface area contributed by atoms with E-state index >= 15 is 0 Å². The predicted octanol–water partition coefficient (Wildman–Crippen LogP) is 3.81. The van der Waals surface area contributed by atoms with Gasteiger partial charge in [0.05, 0.1) is 11.4 Å². The lowest BCUT2D eigenvalue weighted by Gasteiger charge is -2.06. The first-order valence-electron chi connectivity index (χ1n) is 9.83. The van der Waals surface area contributed by atoms with Crippen LogP contribution in [0.4, 0.5) is 5.69 Å². The highest BCUT2D eigenvalue weighted by Gasteiger charge is 2.15. The predicted molar refractivity (Wildman–Crippen MR) is 118 cm³/mol. The minimum absolute atomic E-state index is 0.160. The number of fused-ring (bicyclic) bond motifs is 2. The summed E-state index contributed by atoms with van der Waals surface area (Å²) in [5.74, 6) is 1.31. The number of aryl methyl sites for hydroxylation is 1. The van der Waals surface area contributed by atoms with Gasteiger partial charge in [-0.1, -0.05) is 43.0 Å². The monoisotopic (exact) mass is 433 g/mol. The van der Waals surface area contributed by atoms with Crippen LogP contribution in [0, 0.1) is 0 Å². The molecule has 8 nitrogen and oxygen atoms in total. The summed E-state index contributed by atoms with van der Waals surface area (Å²) in [6, 6.07) is 17.4. The van der Waals surface area contributed by atoms with Crippen molar-refractivity contribution in [2.45, 2.75) is 18.5 Å². The molecule has 0 fully saturated rings. The average molecular weight is 433 g/mol. The molecule has 0 radical (unpaired) electrons. The summed E-state index contributed by atoms with van der Waals surface area (Å²) in [4.78, 5) is 12.4. The van der Waals surface area contributed by atoms with Crippen LogP contribution >= 0.6 is 11.8 Å². The summed E-state index contributed by atoms with van der Waals surface area (Å²) in [5.41, 5.74) is 4.40. The van der Waals surface area contributed by atoms with Crippen LogP contribution in [0.1, 0.15) is 12.5 Å². The van der Waals surface area contributed by atoms with E-state index in [0.29, 0.717) is 28.0 Å². The number of hydrogen-bond donors (Lipinski definition) is 1. The Kier molecular flexibility index (Phi) is 5.17. The molecule has 31 heavy (non-hydrogen) atoms. The van der Waals surface area contributed by atoms with Crippen LogP contribution < -0.4 is 14.8 Å².